The molecule has 0 fully saturated rings. The van der Waals surface area contributed by atoms with Crippen LogP contribution < -0.4 is 0 Å². The Balaban J connectivity index is 2.75. The van der Waals surface area contributed by atoms with Gasteiger partial charge in [0.05, 0.1) is 18.4 Å². The van der Waals surface area contributed by atoms with Gasteiger partial charge in [-0.25, -0.2) is 14.4 Å². The fourth-order valence-electron chi connectivity index (χ4n) is 1.58. The summed E-state index contributed by atoms with van der Waals surface area (Å²) < 4.78 is 4.36. The van der Waals surface area contributed by atoms with Gasteiger partial charge in [0.1, 0.15) is 0 Å². The van der Waals surface area contributed by atoms with E-state index in [-0.39, 0.29) is 5.56 Å². The predicted molar refractivity (Wildman–Crippen MR) is 71.8 cm³/mol. The molecule has 1 unspecified atom stereocenters. The summed E-state index contributed by atoms with van der Waals surface area (Å²) in [6.07, 6.45) is -2.69. The van der Waals surface area contributed by atoms with E-state index in [0.717, 1.165) is 0 Å². The molecule has 0 aliphatic carbocycles. The summed E-state index contributed by atoms with van der Waals surface area (Å²) in [6, 6.07) is 7.23. The molecule has 1 aromatic rings. The van der Waals surface area contributed by atoms with Crippen LogP contribution in [0.25, 0.3) is 0 Å². The zero-order valence-corrected chi connectivity index (χ0v) is 11.9. The van der Waals surface area contributed by atoms with Crippen molar-refractivity contribution in [3.05, 3.63) is 46.0 Å². The first kappa shape index (κ1) is 18.7. The average Bonchev–Trinajstić information content (AvgIpc) is 2.46. The van der Waals surface area contributed by atoms with Gasteiger partial charge in [0.25, 0.3) is 0 Å². The van der Waals surface area contributed by atoms with E-state index in [9.17, 15) is 34.4 Å². The van der Waals surface area contributed by atoms with E-state index in [4.69, 9.17) is 5.11 Å². The average molecular weight is 341 g/mol. The Bertz CT molecular complexity index is 671. The van der Waals surface area contributed by atoms with Crippen LogP contribution in [-0.2, 0) is 24.0 Å². The lowest BCUT2D eigenvalue weighted by Crippen LogP contribution is -2.44. The zero-order chi connectivity index (χ0) is 18.3. The van der Waals surface area contributed by atoms with E-state index in [1.807, 2.05) is 0 Å². The van der Waals surface area contributed by atoms with Crippen molar-refractivity contribution in [3.63, 3.8) is 0 Å². The highest BCUT2D eigenvalue weighted by molar-refractivity contribution is 5.98. The highest BCUT2D eigenvalue weighted by atomic mass is 17.0. The maximum Gasteiger partial charge on any atom is 0.345 e. The molecule has 128 valence electrons. The molecule has 1 atom stereocenters. The number of carboxylic acid groups (broad SMARTS) is 1. The molecule has 0 amide bonds. The Hall–Kier alpha value is -3.34. The van der Waals surface area contributed by atoms with Crippen LogP contribution >= 0.6 is 0 Å². The van der Waals surface area contributed by atoms with Gasteiger partial charge in [0.15, 0.2) is 5.60 Å². The Kier molecular flexibility index (Phi) is 6.07. The topological polar surface area (TPSA) is 170 Å². The van der Waals surface area contributed by atoms with E-state index >= 15 is 0 Å². The fraction of sp³-hybridized carbons (Fsp3) is 0.231. The number of aliphatic hydroxyl groups is 1. The minimum absolute atomic E-state index is 0.00234. The first-order valence-corrected chi connectivity index (χ1v) is 6.25. The zero-order valence-electron chi connectivity index (χ0n) is 11.9. The molecule has 11 nitrogen and oxygen atoms in total. The number of esters is 2. The van der Waals surface area contributed by atoms with Crippen molar-refractivity contribution >= 4 is 23.9 Å². The number of carbonyl (C=O) groups excluding carboxylic acids is 3. The van der Waals surface area contributed by atoms with Crippen LogP contribution in [0.5, 0.6) is 0 Å². The van der Waals surface area contributed by atoms with Crippen molar-refractivity contribution in [3.8, 4) is 0 Å². The van der Waals surface area contributed by atoms with Gasteiger partial charge in [-0.1, -0.05) is 18.2 Å². The lowest BCUT2D eigenvalue weighted by molar-refractivity contribution is -0.729. The molecule has 0 aliphatic rings. The van der Waals surface area contributed by atoms with Crippen LogP contribution in [0.1, 0.15) is 23.2 Å². The molecule has 0 spiro atoms. The van der Waals surface area contributed by atoms with Crippen molar-refractivity contribution in [1.29, 1.82) is 0 Å². The molecule has 0 saturated heterocycles. The highest BCUT2D eigenvalue weighted by Gasteiger charge is 2.42. The Labute approximate surface area is 133 Å². The van der Waals surface area contributed by atoms with Crippen molar-refractivity contribution in [2.24, 2.45) is 0 Å². The summed E-state index contributed by atoms with van der Waals surface area (Å²) in [5.74, 6) is -6.25. The number of carboxylic acids is 1. The first-order chi connectivity index (χ1) is 11.1. The quantitative estimate of drug-likeness (QED) is 0.290. The normalized spacial score (nSPS) is 12.5. The second-order valence-electron chi connectivity index (χ2n) is 4.50. The van der Waals surface area contributed by atoms with Gasteiger partial charge >= 0.3 is 29.0 Å². The molecular weight excluding hydrogens is 330 g/mol. The van der Waals surface area contributed by atoms with Crippen LogP contribution in [0.4, 0.5) is 0 Å². The van der Waals surface area contributed by atoms with E-state index in [1.165, 1.54) is 24.3 Å². The van der Waals surface area contributed by atoms with E-state index in [0.29, 0.717) is 0 Å². The number of aliphatic carboxylic acids is 1. The van der Waals surface area contributed by atoms with E-state index in [2.05, 4.69) is 9.57 Å². The van der Waals surface area contributed by atoms with Gasteiger partial charge in [-0.2, -0.15) is 0 Å². The van der Waals surface area contributed by atoms with Gasteiger partial charge in [-0.3, -0.25) is 9.59 Å². The summed E-state index contributed by atoms with van der Waals surface area (Å²) in [5.41, 5.74) is -3.03. The van der Waals surface area contributed by atoms with E-state index in [1.54, 1.807) is 6.07 Å². The van der Waals surface area contributed by atoms with Gasteiger partial charge in [-0.05, 0) is 12.1 Å². The van der Waals surface area contributed by atoms with Gasteiger partial charge in [-0.15, -0.1) is 10.1 Å². The molecule has 0 aromatic heterocycles. The predicted octanol–water partition coefficient (Wildman–Crippen LogP) is -0.299. The number of hydrogen-bond acceptors (Lipinski definition) is 9. The number of carbonyl (C=O) groups is 4. The number of rotatable bonds is 7. The number of benzene rings is 1. The summed E-state index contributed by atoms with van der Waals surface area (Å²) in [4.78, 5) is 58.8. The molecule has 2 N–H and O–H groups in total. The molecule has 1 rings (SSSR count). The third-order valence-corrected chi connectivity index (χ3v) is 2.66. The van der Waals surface area contributed by atoms with Crippen molar-refractivity contribution in [1.82, 2.24) is 0 Å². The Morgan fingerprint density at radius 2 is 1.62 bits per heavy atom. The second kappa shape index (κ2) is 7.78. The van der Waals surface area contributed by atoms with Crippen LogP contribution in [0.3, 0.4) is 0 Å². The second-order valence-corrected chi connectivity index (χ2v) is 4.50. The summed E-state index contributed by atoms with van der Waals surface area (Å²) in [5, 5.41) is 27.2. The summed E-state index contributed by atoms with van der Waals surface area (Å²) in [6.45, 7) is 0. The number of hydrogen-bond donors (Lipinski definition) is 2. The van der Waals surface area contributed by atoms with Crippen LogP contribution in [-0.4, -0.2) is 44.8 Å². The lowest BCUT2D eigenvalue weighted by Gasteiger charge is -2.20. The van der Waals surface area contributed by atoms with Gasteiger partial charge in [0, 0.05) is 0 Å². The summed E-state index contributed by atoms with van der Waals surface area (Å²) >= 11 is 0. The molecule has 0 radical (unpaired) electrons. The Morgan fingerprint density at radius 1 is 1.08 bits per heavy atom. The lowest BCUT2D eigenvalue weighted by atomic mass is 9.96. The molecule has 0 bridgehead atoms. The minimum atomic E-state index is -3.03. The third-order valence-electron chi connectivity index (χ3n) is 2.66. The van der Waals surface area contributed by atoms with Crippen LogP contribution in [0.15, 0.2) is 30.3 Å². The SMILES string of the molecule is O=C(CC(O)(CC(=O)O[N+](=O)[O-])C(=O)O)OC(=O)c1ccccc1. The van der Waals surface area contributed by atoms with Gasteiger partial charge < -0.3 is 14.9 Å². The van der Waals surface area contributed by atoms with Crippen LogP contribution in [0.2, 0.25) is 0 Å². The monoisotopic (exact) mass is 341 g/mol. The molecule has 24 heavy (non-hydrogen) atoms. The maximum absolute atomic E-state index is 11.6. The van der Waals surface area contributed by atoms with Crippen molar-refractivity contribution < 1.29 is 44.1 Å². The first-order valence-electron chi connectivity index (χ1n) is 6.25. The number of nitrogens with zero attached hydrogens (tertiary/aromatic N) is 1. The van der Waals surface area contributed by atoms with Gasteiger partial charge in [0.2, 0.25) is 0 Å². The molecule has 0 saturated carbocycles. The fourth-order valence-corrected chi connectivity index (χ4v) is 1.58. The molecule has 1 aromatic carbocycles. The standard InChI is InChI=1S/C13H11NO10/c15-9(23-11(17)8-4-2-1-3-5-8)6-13(20,12(18)19)7-10(16)24-14(21)22/h1-5,20H,6-7H2,(H,18,19). The Morgan fingerprint density at radius 3 is 2.12 bits per heavy atom. The third kappa shape index (κ3) is 5.46. The molecule has 0 heterocycles. The largest absolute Gasteiger partial charge is 0.479 e. The molecular formula is C13H11NO10. The molecule has 11 heteroatoms. The van der Waals surface area contributed by atoms with Crippen molar-refractivity contribution in [2.75, 3.05) is 0 Å². The highest BCUT2D eigenvalue weighted by Crippen LogP contribution is 2.18. The smallest absolute Gasteiger partial charge is 0.345 e. The maximum atomic E-state index is 11.6. The number of ether oxygens (including phenoxy) is 1. The van der Waals surface area contributed by atoms with E-state index < -0.39 is 47.4 Å². The minimum Gasteiger partial charge on any atom is -0.479 e. The van der Waals surface area contributed by atoms with Crippen molar-refractivity contribution in [2.45, 2.75) is 18.4 Å². The van der Waals surface area contributed by atoms with Crippen LogP contribution in [0, 0.1) is 10.1 Å². The molecule has 0 aliphatic heterocycles. The summed E-state index contributed by atoms with van der Waals surface area (Å²) in [7, 11) is 0.